The predicted molar refractivity (Wildman–Crippen MR) is 70.6 cm³/mol. The first-order chi connectivity index (χ1) is 8.44. The lowest BCUT2D eigenvalue weighted by Gasteiger charge is -2.25. The van der Waals surface area contributed by atoms with Crippen LogP contribution in [0, 0.1) is 0 Å². The molecule has 0 radical (unpaired) electrons. The average molecular weight is 255 g/mol. The van der Waals surface area contributed by atoms with Gasteiger partial charge >= 0.3 is 6.09 Å². The molecule has 2 unspecified atom stereocenters. The lowest BCUT2D eigenvalue weighted by molar-refractivity contribution is 0.0290. The van der Waals surface area contributed by atoms with Gasteiger partial charge in [-0.05, 0) is 40.2 Å². The molecular formula is C13H25N3O2. The van der Waals surface area contributed by atoms with Gasteiger partial charge in [0, 0.05) is 31.7 Å². The van der Waals surface area contributed by atoms with Crippen molar-refractivity contribution >= 4 is 6.09 Å². The molecule has 18 heavy (non-hydrogen) atoms. The molecule has 0 aromatic rings. The monoisotopic (exact) mass is 255 g/mol. The van der Waals surface area contributed by atoms with Gasteiger partial charge in [-0.1, -0.05) is 0 Å². The van der Waals surface area contributed by atoms with Crippen LogP contribution in [-0.2, 0) is 4.74 Å². The zero-order valence-electron chi connectivity index (χ0n) is 11.7. The molecule has 0 aromatic heterocycles. The van der Waals surface area contributed by atoms with E-state index in [2.05, 4.69) is 10.6 Å². The maximum Gasteiger partial charge on any atom is 0.410 e. The average Bonchev–Trinajstić information content (AvgIpc) is 2.86. The van der Waals surface area contributed by atoms with Crippen LogP contribution in [0.5, 0.6) is 0 Å². The van der Waals surface area contributed by atoms with Gasteiger partial charge in [0.1, 0.15) is 5.60 Å². The molecule has 2 atom stereocenters. The molecule has 5 heteroatoms. The number of rotatable bonds is 2. The van der Waals surface area contributed by atoms with Gasteiger partial charge in [0.15, 0.2) is 0 Å². The molecule has 2 fully saturated rings. The highest BCUT2D eigenvalue weighted by atomic mass is 16.6. The second kappa shape index (κ2) is 5.45. The highest BCUT2D eigenvalue weighted by Crippen LogP contribution is 2.16. The van der Waals surface area contributed by atoms with Crippen LogP contribution in [0.4, 0.5) is 4.79 Å². The Kier molecular flexibility index (Phi) is 4.12. The van der Waals surface area contributed by atoms with E-state index in [1.807, 2.05) is 25.7 Å². The Morgan fingerprint density at radius 3 is 2.72 bits per heavy atom. The minimum atomic E-state index is -0.405. The van der Waals surface area contributed by atoms with Gasteiger partial charge < -0.3 is 20.3 Å². The summed E-state index contributed by atoms with van der Waals surface area (Å²) in [5.74, 6) is 0. The second-order valence-corrected chi connectivity index (χ2v) is 6.27. The van der Waals surface area contributed by atoms with Crippen LogP contribution in [0.3, 0.4) is 0 Å². The summed E-state index contributed by atoms with van der Waals surface area (Å²) in [6, 6.07) is 0.982. The van der Waals surface area contributed by atoms with Crippen molar-refractivity contribution in [2.75, 3.05) is 26.2 Å². The van der Waals surface area contributed by atoms with Crippen molar-refractivity contribution < 1.29 is 9.53 Å². The summed E-state index contributed by atoms with van der Waals surface area (Å²) < 4.78 is 5.39. The van der Waals surface area contributed by atoms with Crippen molar-refractivity contribution in [3.05, 3.63) is 0 Å². The van der Waals surface area contributed by atoms with Crippen molar-refractivity contribution in [2.24, 2.45) is 0 Å². The minimum Gasteiger partial charge on any atom is -0.444 e. The SMILES string of the molecule is CC(C)(C)OC(=O)N1CCC(NC2CCNC2)C1. The quantitative estimate of drug-likeness (QED) is 0.771. The number of hydrogen-bond donors (Lipinski definition) is 2. The summed E-state index contributed by atoms with van der Waals surface area (Å²) >= 11 is 0. The van der Waals surface area contributed by atoms with E-state index in [1.54, 1.807) is 0 Å². The third-order valence-corrected chi connectivity index (χ3v) is 3.37. The van der Waals surface area contributed by atoms with Crippen LogP contribution in [-0.4, -0.2) is 54.9 Å². The van der Waals surface area contributed by atoms with Gasteiger partial charge in [0.2, 0.25) is 0 Å². The third kappa shape index (κ3) is 3.85. The molecule has 2 aliphatic rings. The molecule has 104 valence electrons. The fourth-order valence-corrected chi connectivity index (χ4v) is 2.52. The fraction of sp³-hybridized carbons (Fsp3) is 0.923. The van der Waals surface area contributed by atoms with E-state index in [0.717, 1.165) is 32.6 Å². The molecule has 0 bridgehead atoms. The van der Waals surface area contributed by atoms with Crippen LogP contribution in [0.15, 0.2) is 0 Å². The second-order valence-electron chi connectivity index (χ2n) is 6.27. The highest BCUT2D eigenvalue weighted by Gasteiger charge is 2.31. The van der Waals surface area contributed by atoms with E-state index in [-0.39, 0.29) is 6.09 Å². The number of nitrogens with one attached hydrogen (secondary N) is 2. The van der Waals surface area contributed by atoms with Gasteiger partial charge in [0.05, 0.1) is 0 Å². The van der Waals surface area contributed by atoms with Crippen LogP contribution < -0.4 is 10.6 Å². The number of carbonyl (C=O) groups excluding carboxylic acids is 1. The number of amides is 1. The maximum absolute atomic E-state index is 11.9. The van der Waals surface area contributed by atoms with E-state index in [4.69, 9.17) is 4.74 Å². The first-order valence-corrected chi connectivity index (χ1v) is 6.89. The predicted octanol–water partition coefficient (Wildman–Crippen LogP) is 0.947. The van der Waals surface area contributed by atoms with Crippen LogP contribution in [0.25, 0.3) is 0 Å². The molecule has 0 aliphatic carbocycles. The number of carbonyl (C=O) groups is 1. The molecule has 0 saturated carbocycles. The molecule has 2 N–H and O–H groups in total. The number of ether oxygens (including phenoxy) is 1. The molecule has 0 spiro atoms. The lowest BCUT2D eigenvalue weighted by Crippen LogP contribution is -2.42. The third-order valence-electron chi connectivity index (χ3n) is 3.37. The Hall–Kier alpha value is -0.810. The molecule has 5 nitrogen and oxygen atoms in total. The molecule has 2 saturated heterocycles. The van der Waals surface area contributed by atoms with E-state index >= 15 is 0 Å². The summed E-state index contributed by atoms with van der Waals surface area (Å²) in [7, 11) is 0. The molecule has 2 heterocycles. The number of nitrogens with zero attached hydrogens (tertiary/aromatic N) is 1. The highest BCUT2D eigenvalue weighted by molar-refractivity contribution is 5.68. The Bertz CT molecular complexity index is 295. The van der Waals surface area contributed by atoms with Crippen molar-refractivity contribution in [3.8, 4) is 0 Å². The molecule has 2 aliphatic heterocycles. The Labute approximate surface area is 109 Å². The summed E-state index contributed by atoms with van der Waals surface area (Å²) in [5, 5.41) is 6.96. The van der Waals surface area contributed by atoms with Crippen molar-refractivity contribution in [1.29, 1.82) is 0 Å². The van der Waals surface area contributed by atoms with Gasteiger partial charge in [0.25, 0.3) is 0 Å². The standard InChI is InChI=1S/C13H25N3O2/c1-13(2,3)18-12(17)16-7-5-11(9-16)15-10-4-6-14-8-10/h10-11,14-15H,4-9H2,1-3H3. The van der Waals surface area contributed by atoms with Gasteiger partial charge in [-0.2, -0.15) is 0 Å². The van der Waals surface area contributed by atoms with Gasteiger partial charge in [-0.15, -0.1) is 0 Å². The van der Waals surface area contributed by atoms with Gasteiger partial charge in [-0.3, -0.25) is 0 Å². The van der Waals surface area contributed by atoms with Crippen LogP contribution in [0.2, 0.25) is 0 Å². The van der Waals surface area contributed by atoms with E-state index < -0.39 is 5.60 Å². The number of likely N-dealkylation sites (tertiary alicyclic amines) is 1. The Balaban J connectivity index is 1.75. The van der Waals surface area contributed by atoms with Crippen LogP contribution in [0.1, 0.15) is 33.6 Å². The molecular weight excluding hydrogens is 230 g/mol. The van der Waals surface area contributed by atoms with E-state index in [9.17, 15) is 4.79 Å². The van der Waals surface area contributed by atoms with Crippen LogP contribution >= 0.6 is 0 Å². The van der Waals surface area contributed by atoms with Crippen molar-refractivity contribution in [1.82, 2.24) is 15.5 Å². The molecule has 0 aromatic carbocycles. The fourth-order valence-electron chi connectivity index (χ4n) is 2.52. The summed E-state index contributed by atoms with van der Waals surface area (Å²) in [6.45, 7) is 9.42. The van der Waals surface area contributed by atoms with Gasteiger partial charge in [-0.25, -0.2) is 4.79 Å². The Morgan fingerprint density at radius 1 is 1.33 bits per heavy atom. The molecule has 2 rings (SSSR count). The first kappa shape index (κ1) is 13.6. The largest absolute Gasteiger partial charge is 0.444 e. The topological polar surface area (TPSA) is 53.6 Å². The smallest absolute Gasteiger partial charge is 0.410 e. The first-order valence-electron chi connectivity index (χ1n) is 6.89. The zero-order chi connectivity index (χ0) is 13.2. The summed E-state index contributed by atoms with van der Waals surface area (Å²) in [5.41, 5.74) is -0.405. The zero-order valence-corrected chi connectivity index (χ0v) is 11.7. The minimum absolute atomic E-state index is 0.184. The lowest BCUT2D eigenvalue weighted by atomic mass is 10.2. The van der Waals surface area contributed by atoms with E-state index in [1.165, 1.54) is 6.42 Å². The maximum atomic E-state index is 11.9. The molecule has 1 amide bonds. The van der Waals surface area contributed by atoms with Crippen molar-refractivity contribution in [3.63, 3.8) is 0 Å². The normalized spacial score (nSPS) is 28.7. The van der Waals surface area contributed by atoms with E-state index in [0.29, 0.717) is 12.1 Å². The summed E-state index contributed by atoms with van der Waals surface area (Å²) in [4.78, 5) is 13.7. The Morgan fingerprint density at radius 2 is 2.11 bits per heavy atom. The number of hydrogen-bond acceptors (Lipinski definition) is 4. The summed E-state index contributed by atoms with van der Waals surface area (Å²) in [6.07, 6.45) is 2.02. The van der Waals surface area contributed by atoms with Crippen molar-refractivity contribution in [2.45, 2.75) is 51.3 Å².